The first-order chi connectivity index (χ1) is 8.61. The second kappa shape index (κ2) is 5.48. The highest BCUT2D eigenvalue weighted by atomic mass is 35.5. The molecule has 1 fully saturated rings. The van der Waals surface area contributed by atoms with Crippen molar-refractivity contribution in [3.63, 3.8) is 0 Å². The van der Waals surface area contributed by atoms with Gasteiger partial charge in [-0.1, -0.05) is 29.3 Å². The first-order valence-electron chi connectivity index (χ1n) is 6.01. The van der Waals surface area contributed by atoms with Crippen LogP contribution in [0, 0.1) is 11.3 Å². The van der Waals surface area contributed by atoms with Crippen LogP contribution in [0.5, 0.6) is 0 Å². The Morgan fingerprint density at radius 2 is 2.17 bits per heavy atom. The van der Waals surface area contributed by atoms with Gasteiger partial charge in [-0.25, -0.2) is 0 Å². The van der Waals surface area contributed by atoms with Crippen LogP contribution in [0.15, 0.2) is 18.2 Å². The Hall–Kier alpha value is -0.750. The summed E-state index contributed by atoms with van der Waals surface area (Å²) in [6.45, 7) is 0. The van der Waals surface area contributed by atoms with E-state index >= 15 is 0 Å². The lowest BCUT2D eigenvalue weighted by Gasteiger charge is -2.35. The highest BCUT2D eigenvalue weighted by Gasteiger charge is 2.38. The summed E-state index contributed by atoms with van der Waals surface area (Å²) >= 11 is 12.0. The lowest BCUT2D eigenvalue weighted by Crippen LogP contribution is -2.34. The largest absolute Gasteiger partial charge is 0.381 e. The van der Waals surface area contributed by atoms with Gasteiger partial charge in [-0.2, -0.15) is 5.26 Å². The average Bonchev–Trinajstić information content (AvgIpc) is 2.41. The zero-order valence-electron chi connectivity index (χ0n) is 10.2. The van der Waals surface area contributed by atoms with Gasteiger partial charge in [0.2, 0.25) is 0 Å². The van der Waals surface area contributed by atoms with E-state index in [1.807, 2.05) is 12.1 Å². The van der Waals surface area contributed by atoms with Crippen LogP contribution in [0.25, 0.3) is 0 Å². The molecule has 0 N–H and O–H groups in total. The van der Waals surface area contributed by atoms with Gasteiger partial charge in [0.1, 0.15) is 0 Å². The normalized spacial score (nSPS) is 27.8. The summed E-state index contributed by atoms with van der Waals surface area (Å²) in [5.74, 6) is 0. The molecule has 0 unspecified atom stereocenters. The molecule has 96 valence electrons. The Morgan fingerprint density at radius 3 is 2.78 bits per heavy atom. The van der Waals surface area contributed by atoms with Gasteiger partial charge in [-0.3, -0.25) is 0 Å². The van der Waals surface area contributed by atoms with Crippen LogP contribution in [0.4, 0.5) is 0 Å². The molecular weight excluding hydrogens is 269 g/mol. The third-order valence-electron chi connectivity index (χ3n) is 3.73. The summed E-state index contributed by atoms with van der Waals surface area (Å²) in [4.78, 5) is 0. The number of nitriles is 1. The molecule has 0 aliphatic heterocycles. The molecule has 1 saturated carbocycles. The maximum atomic E-state index is 9.59. The maximum absolute atomic E-state index is 9.59. The molecule has 1 aliphatic carbocycles. The van der Waals surface area contributed by atoms with Crippen molar-refractivity contribution in [2.45, 2.75) is 37.2 Å². The number of rotatable bonds is 2. The van der Waals surface area contributed by atoms with Gasteiger partial charge in [0.15, 0.2) is 0 Å². The topological polar surface area (TPSA) is 33.0 Å². The minimum atomic E-state index is -0.493. The molecule has 0 aromatic heterocycles. The van der Waals surface area contributed by atoms with Crippen LogP contribution < -0.4 is 0 Å². The molecule has 2 rings (SSSR count). The zero-order valence-corrected chi connectivity index (χ0v) is 11.8. The summed E-state index contributed by atoms with van der Waals surface area (Å²) < 4.78 is 5.41. The maximum Gasteiger partial charge on any atom is 0.0847 e. The zero-order chi connectivity index (χ0) is 13.2. The van der Waals surface area contributed by atoms with Crippen LogP contribution in [0.2, 0.25) is 10.0 Å². The van der Waals surface area contributed by atoms with Crippen LogP contribution in [-0.2, 0) is 10.2 Å². The Morgan fingerprint density at radius 1 is 1.39 bits per heavy atom. The molecule has 0 heterocycles. The minimum Gasteiger partial charge on any atom is -0.381 e. The van der Waals surface area contributed by atoms with Crippen LogP contribution in [-0.4, -0.2) is 13.2 Å². The number of halogens is 2. The molecule has 1 aromatic carbocycles. The van der Waals surface area contributed by atoms with Gasteiger partial charge in [0, 0.05) is 7.11 Å². The smallest absolute Gasteiger partial charge is 0.0847 e. The lowest BCUT2D eigenvalue weighted by atomic mass is 9.69. The fraction of sp³-hybridized carbons (Fsp3) is 0.500. The summed E-state index contributed by atoms with van der Waals surface area (Å²) in [6.07, 6.45) is 3.72. The Labute approximate surface area is 117 Å². The lowest BCUT2D eigenvalue weighted by molar-refractivity contribution is 0.0515. The SMILES string of the molecule is CO[C@H]1CCC[C@@](C#N)(c2ccc(Cl)c(Cl)c2)C1. The second-order valence-electron chi connectivity index (χ2n) is 4.78. The Bertz CT molecular complexity index is 483. The van der Waals surface area contributed by atoms with E-state index in [1.165, 1.54) is 0 Å². The average molecular weight is 284 g/mol. The molecule has 0 saturated heterocycles. The minimum absolute atomic E-state index is 0.146. The van der Waals surface area contributed by atoms with Gasteiger partial charge in [0.25, 0.3) is 0 Å². The van der Waals surface area contributed by atoms with Gasteiger partial charge in [-0.15, -0.1) is 0 Å². The molecule has 0 radical (unpaired) electrons. The molecule has 2 atom stereocenters. The molecule has 1 aliphatic rings. The van der Waals surface area contributed by atoms with E-state index in [1.54, 1.807) is 13.2 Å². The number of methoxy groups -OCH3 is 1. The third kappa shape index (κ3) is 2.49. The molecule has 0 spiro atoms. The van der Waals surface area contributed by atoms with Crippen LogP contribution in [0.1, 0.15) is 31.2 Å². The van der Waals surface area contributed by atoms with E-state index in [2.05, 4.69) is 6.07 Å². The standard InChI is InChI=1S/C14H15Cl2NO/c1-18-11-3-2-6-14(8-11,9-17)10-4-5-12(15)13(16)7-10/h4-5,7,11H,2-3,6,8H2,1H3/t11-,14+/m0/s1. The first-order valence-corrected chi connectivity index (χ1v) is 6.76. The predicted molar refractivity (Wildman–Crippen MR) is 73.0 cm³/mol. The monoisotopic (exact) mass is 283 g/mol. The Kier molecular flexibility index (Phi) is 4.17. The molecule has 1 aromatic rings. The van der Waals surface area contributed by atoms with Crippen molar-refractivity contribution in [3.8, 4) is 6.07 Å². The third-order valence-corrected chi connectivity index (χ3v) is 4.46. The van der Waals surface area contributed by atoms with E-state index in [9.17, 15) is 5.26 Å². The second-order valence-corrected chi connectivity index (χ2v) is 5.59. The molecule has 0 bridgehead atoms. The number of hydrogen-bond acceptors (Lipinski definition) is 2. The van der Waals surface area contributed by atoms with Gasteiger partial charge in [0.05, 0.1) is 27.6 Å². The van der Waals surface area contributed by atoms with Crippen molar-refractivity contribution in [1.29, 1.82) is 5.26 Å². The van der Waals surface area contributed by atoms with Gasteiger partial charge >= 0.3 is 0 Å². The van der Waals surface area contributed by atoms with E-state index < -0.39 is 5.41 Å². The molecule has 4 heteroatoms. The van der Waals surface area contributed by atoms with Gasteiger partial charge < -0.3 is 4.74 Å². The van der Waals surface area contributed by atoms with Crippen molar-refractivity contribution >= 4 is 23.2 Å². The van der Waals surface area contributed by atoms with E-state index in [4.69, 9.17) is 27.9 Å². The predicted octanol–water partition coefficient (Wildman–Crippen LogP) is 4.34. The molecule has 2 nitrogen and oxygen atoms in total. The molecule has 18 heavy (non-hydrogen) atoms. The number of ether oxygens (including phenoxy) is 1. The molecule has 0 amide bonds. The van der Waals surface area contributed by atoms with Gasteiger partial charge in [-0.05, 0) is 43.4 Å². The summed E-state index contributed by atoms with van der Waals surface area (Å²) in [7, 11) is 1.70. The van der Waals surface area contributed by atoms with Crippen molar-refractivity contribution in [3.05, 3.63) is 33.8 Å². The summed E-state index contributed by atoms with van der Waals surface area (Å²) in [5.41, 5.74) is 0.453. The highest BCUT2D eigenvalue weighted by Crippen LogP contribution is 2.41. The number of hydrogen-bond donors (Lipinski definition) is 0. The van der Waals surface area contributed by atoms with Crippen LogP contribution in [0.3, 0.4) is 0 Å². The quantitative estimate of drug-likeness (QED) is 0.809. The first kappa shape index (κ1) is 13.7. The van der Waals surface area contributed by atoms with Crippen molar-refractivity contribution in [2.24, 2.45) is 0 Å². The fourth-order valence-corrected chi connectivity index (χ4v) is 2.95. The van der Waals surface area contributed by atoms with Crippen LogP contribution >= 0.6 is 23.2 Å². The number of benzene rings is 1. The summed E-state index contributed by atoms with van der Waals surface area (Å²) in [5, 5.41) is 10.6. The van der Waals surface area contributed by atoms with Crippen molar-refractivity contribution in [1.82, 2.24) is 0 Å². The number of nitrogens with zero attached hydrogens (tertiary/aromatic N) is 1. The van der Waals surface area contributed by atoms with Crippen molar-refractivity contribution in [2.75, 3.05) is 7.11 Å². The van der Waals surface area contributed by atoms with E-state index in [0.29, 0.717) is 10.0 Å². The Balaban J connectivity index is 2.37. The van der Waals surface area contributed by atoms with E-state index in [-0.39, 0.29) is 6.10 Å². The van der Waals surface area contributed by atoms with E-state index in [0.717, 1.165) is 31.2 Å². The fourth-order valence-electron chi connectivity index (χ4n) is 2.65. The highest BCUT2D eigenvalue weighted by molar-refractivity contribution is 6.42. The summed E-state index contributed by atoms with van der Waals surface area (Å²) in [6, 6.07) is 7.93. The molecular formula is C14H15Cl2NO. The van der Waals surface area contributed by atoms with Crippen molar-refractivity contribution < 1.29 is 4.74 Å².